The first-order chi connectivity index (χ1) is 22.7. The maximum atomic E-state index is 14.8. The number of ether oxygens (including phenoxy) is 1. The number of benzene rings is 3. The molecule has 1 fully saturated rings. The van der Waals surface area contributed by atoms with Crippen molar-refractivity contribution in [1.82, 2.24) is 4.90 Å². The van der Waals surface area contributed by atoms with Crippen molar-refractivity contribution in [2.24, 2.45) is 5.92 Å². The molecule has 4 N–H and O–H groups in total. The van der Waals surface area contributed by atoms with Crippen molar-refractivity contribution < 1.29 is 34.1 Å². The number of carbonyl (C=O) groups is 3. The average molecular weight is 737 g/mol. The van der Waals surface area contributed by atoms with Gasteiger partial charge in [-0.25, -0.2) is 0 Å². The van der Waals surface area contributed by atoms with Crippen molar-refractivity contribution >= 4 is 53.3 Å². The minimum atomic E-state index is -3.02. The molecule has 254 valence electrons. The van der Waals surface area contributed by atoms with Crippen LogP contribution in [-0.2, 0) is 44.2 Å². The van der Waals surface area contributed by atoms with Gasteiger partial charge < -0.3 is 34.9 Å². The van der Waals surface area contributed by atoms with Crippen LogP contribution in [0.3, 0.4) is 0 Å². The Bertz CT molecular complexity index is 1750. The first-order valence-electron chi connectivity index (χ1n) is 16.3. The summed E-state index contributed by atoms with van der Waals surface area (Å²) in [5.41, 5.74) is 2.86. The molecule has 1 spiro atoms. The van der Waals surface area contributed by atoms with E-state index in [2.05, 4.69) is 21.2 Å². The smallest absolute Gasteiger partial charge is 0.264 e. The fourth-order valence-electron chi connectivity index (χ4n) is 7.92. The molecule has 0 saturated carbocycles. The minimum absolute atomic E-state index is 0.0337. The lowest BCUT2D eigenvalue weighted by molar-refractivity contribution is -0.151. The zero-order valence-corrected chi connectivity index (χ0v) is 30.1. The SMILES string of the molecule is C[C@H](O)C(=O)Nc1cccc(CN2C(=O)[C@]3(O[C@H](CC(=O)N4Cc5ccccc5C[C@H]4CO)[C@@H]([Si](C)(C)O)[C@@H]3C)c3cc(Br)ccc32)c1. The Morgan fingerprint density at radius 3 is 2.52 bits per heavy atom. The molecule has 3 aromatic carbocycles. The van der Waals surface area contributed by atoms with Gasteiger partial charge in [0.05, 0.1) is 37.4 Å². The highest BCUT2D eigenvalue weighted by molar-refractivity contribution is 9.10. The van der Waals surface area contributed by atoms with Crippen LogP contribution in [0.4, 0.5) is 11.4 Å². The number of halogens is 1. The van der Waals surface area contributed by atoms with Gasteiger partial charge in [0.25, 0.3) is 11.8 Å². The fourth-order valence-corrected chi connectivity index (χ4v) is 10.8. The second-order valence-corrected chi connectivity index (χ2v) is 18.7. The van der Waals surface area contributed by atoms with E-state index in [0.29, 0.717) is 29.9 Å². The van der Waals surface area contributed by atoms with Crippen molar-refractivity contribution in [2.75, 3.05) is 16.8 Å². The number of amides is 3. The molecule has 10 nitrogen and oxygen atoms in total. The summed E-state index contributed by atoms with van der Waals surface area (Å²) >= 11 is 3.58. The number of aliphatic hydroxyl groups excluding tert-OH is 2. The summed E-state index contributed by atoms with van der Waals surface area (Å²) in [6, 6.07) is 20.3. The van der Waals surface area contributed by atoms with Crippen molar-refractivity contribution in [1.29, 1.82) is 0 Å². The number of carbonyl (C=O) groups excluding carboxylic acids is 3. The van der Waals surface area contributed by atoms with E-state index in [9.17, 15) is 29.4 Å². The summed E-state index contributed by atoms with van der Waals surface area (Å²) < 4.78 is 7.66. The van der Waals surface area contributed by atoms with Gasteiger partial charge in [0.1, 0.15) is 6.10 Å². The standard InChI is InChI=1S/C36H42BrN3O7Si/c1-21-33(48(3,4)46)31(17-32(43)39-19-25-10-6-5-9-24(25)15-28(39)20-41)47-36(21)29-16-26(37)12-13-30(29)40(35(36)45)18-23-8-7-11-27(14-23)38-34(44)22(2)42/h5-14,16,21-22,28,31,33,41-42,46H,15,17-20H2,1-4H3,(H,38,44)/t21-,22-,28-,31+,33-,36+/m0/s1. The second kappa shape index (κ2) is 13.1. The van der Waals surface area contributed by atoms with E-state index in [0.717, 1.165) is 21.2 Å². The van der Waals surface area contributed by atoms with Crippen LogP contribution in [0.15, 0.2) is 71.2 Å². The molecule has 0 aliphatic carbocycles. The van der Waals surface area contributed by atoms with Crippen LogP contribution >= 0.6 is 15.9 Å². The zero-order chi connectivity index (χ0) is 34.5. The number of nitrogens with one attached hydrogen (secondary N) is 1. The lowest BCUT2D eigenvalue weighted by atomic mass is 9.82. The highest BCUT2D eigenvalue weighted by atomic mass is 79.9. The van der Waals surface area contributed by atoms with E-state index in [1.807, 2.05) is 68.5 Å². The molecule has 0 bridgehead atoms. The number of aliphatic hydroxyl groups is 2. The lowest BCUT2D eigenvalue weighted by Gasteiger charge is -2.37. The fraction of sp³-hybridized carbons (Fsp3) is 0.417. The summed E-state index contributed by atoms with van der Waals surface area (Å²) in [4.78, 5) is 56.1. The summed E-state index contributed by atoms with van der Waals surface area (Å²) in [5, 5.41) is 22.6. The zero-order valence-electron chi connectivity index (χ0n) is 27.5. The largest absolute Gasteiger partial charge is 0.432 e. The molecule has 3 aliphatic rings. The van der Waals surface area contributed by atoms with Gasteiger partial charge in [-0.15, -0.1) is 0 Å². The summed E-state index contributed by atoms with van der Waals surface area (Å²) in [7, 11) is -3.02. The van der Waals surface area contributed by atoms with E-state index in [1.165, 1.54) is 6.92 Å². The third-order valence-electron chi connectivity index (χ3n) is 10.1. The van der Waals surface area contributed by atoms with Gasteiger partial charge in [-0.3, -0.25) is 14.4 Å². The molecule has 12 heteroatoms. The topological polar surface area (TPSA) is 140 Å². The molecule has 1 saturated heterocycles. The first-order valence-corrected chi connectivity index (χ1v) is 20.1. The van der Waals surface area contributed by atoms with Gasteiger partial charge in [-0.05, 0) is 73.5 Å². The van der Waals surface area contributed by atoms with E-state index < -0.39 is 43.5 Å². The van der Waals surface area contributed by atoms with E-state index in [4.69, 9.17) is 4.74 Å². The molecule has 3 aromatic rings. The second-order valence-electron chi connectivity index (χ2n) is 13.8. The van der Waals surface area contributed by atoms with Crippen LogP contribution in [0.1, 0.15) is 42.5 Å². The van der Waals surface area contributed by atoms with Crippen LogP contribution in [0, 0.1) is 5.92 Å². The van der Waals surface area contributed by atoms with Crippen LogP contribution in [0.2, 0.25) is 18.6 Å². The van der Waals surface area contributed by atoms with E-state index in [1.54, 1.807) is 28.0 Å². The minimum Gasteiger partial charge on any atom is -0.432 e. The molecule has 6 atom stereocenters. The Morgan fingerprint density at radius 2 is 1.83 bits per heavy atom. The quantitative estimate of drug-likeness (QED) is 0.251. The van der Waals surface area contributed by atoms with Crippen LogP contribution in [0.5, 0.6) is 0 Å². The van der Waals surface area contributed by atoms with Gasteiger partial charge in [0.15, 0.2) is 13.9 Å². The Hall–Kier alpha value is -3.39. The van der Waals surface area contributed by atoms with Gasteiger partial charge in [0.2, 0.25) is 5.91 Å². The predicted octanol–water partition coefficient (Wildman–Crippen LogP) is 4.45. The van der Waals surface area contributed by atoms with Crippen molar-refractivity contribution in [3.8, 4) is 0 Å². The van der Waals surface area contributed by atoms with Crippen molar-refractivity contribution in [3.63, 3.8) is 0 Å². The summed E-state index contributed by atoms with van der Waals surface area (Å²) in [6.07, 6.45) is -1.39. The van der Waals surface area contributed by atoms with Crippen LogP contribution in [-0.4, -0.2) is 70.8 Å². The molecule has 3 amide bonds. The Labute approximate surface area is 290 Å². The number of hydrogen-bond acceptors (Lipinski definition) is 7. The predicted molar refractivity (Wildman–Crippen MR) is 187 cm³/mol. The average Bonchev–Trinajstić information content (AvgIpc) is 3.46. The number of fused-ring (bicyclic) bond motifs is 3. The molecule has 0 unspecified atom stereocenters. The maximum Gasteiger partial charge on any atom is 0.264 e. The van der Waals surface area contributed by atoms with Gasteiger partial charge in [-0.1, -0.05) is 59.3 Å². The monoisotopic (exact) mass is 735 g/mol. The highest BCUT2D eigenvalue weighted by Gasteiger charge is 2.66. The van der Waals surface area contributed by atoms with Crippen molar-refractivity contribution in [2.45, 2.75) is 82.3 Å². The molecular weight excluding hydrogens is 694 g/mol. The molecule has 6 rings (SSSR count). The molecule has 3 heterocycles. The maximum absolute atomic E-state index is 14.8. The molecule has 0 aromatic heterocycles. The number of hydrogen-bond donors (Lipinski definition) is 4. The van der Waals surface area contributed by atoms with Crippen LogP contribution < -0.4 is 10.2 Å². The number of anilines is 2. The van der Waals surface area contributed by atoms with Crippen LogP contribution in [0.25, 0.3) is 0 Å². The normalized spacial score (nSPS) is 25.6. The number of nitrogens with zero attached hydrogens (tertiary/aromatic N) is 2. The van der Waals surface area contributed by atoms with Crippen molar-refractivity contribution in [3.05, 3.63) is 93.5 Å². The summed E-state index contributed by atoms with van der Waals surface area (Å²) in [6.45, 7) is 7.36. The van der Waals surface area contributed by atoms with Gasteiger partial charge in [-0.2, -0.15) is 0 Å². The van der Waals surface area contributed by atoms with Gasteiger partial charge >= 0.3 is 0 Å². The molecular formula is C36H42BrN3O7Si. The third-order valence-corrected chi connectivity index (χ3v) is 13.1. The highest BCUT2D eigenvalue weighted by Crippen LogP contribution is 2.60. The molecule has 3 aliphatic heterocycles. The number of rotatable bonds is 8. The molecule has 0 radical (unpaired) electrons. The Morgan fingerprint density at radius 1 is 1.10 bits per heavy atom. The lowest BCUT2D eigenvalue weighted by Crippen LogP contribution is -2.48. The first kappa shape index (κ1) is 34.5. The Balaban J connectivity index is 1.33. The Kier molecular flexibility index (Phi) is 9.44. The van der Waals surface area contributed by atoms with E-state index >= 15 is 0 Å². The third kappa shape index (κ3) is 6.14. The molecule has 48 heavy (non-hydrogen) atoms. The van der Waals surface area contributed by atoms with Gasteiger partial charge in [0, 0.05) is 33.7 Å². The van der Waals surface area contributed by atoms with E-state index in [-0.39, 0.29) is 37.4 Å². The summed E-state index contributed by atoms with van der Waals surface area (Å²) in [5.74, 6) is -1.46.